The van der Waals surface area contributed by atoms with Gasteiger partial charge in [-0.3, -0.25) is 9.56 Å². The zero-order valence-electron chi connectivity index (χ0n) is 13.5. The number of nitrogens with zero attached hydrogens (tertiary/aromatic N) is 4. The molecule has 0 aliphatic carbocycles. The van der Waals surface area contributed by atoms with Crippen LogP contribution in [-0.4, -0.2) is 40.5 Å². The van der Waals surface area contributed by atoms with E-state index < -0.39 is 6.55 Å². The third kappa shape index (κ3) is 4.18. The van der Waals surface area contributed by atoms with Crippen LogP contribution >= 0.6 is 0 Å². The number of guanidine groups is 1. The van der Waals surface area contributed by atoms with E-state index in [0.717, 1.165) is 30.0 Å². The van der Waals surface area contributed by atoms with Crippen molar-refractivity contribution in [2.75, 3.05) is 20.1 Å². The molecule has 0 radical (unpaired) electrons. The molecule has 0 aromatic carbocycles. The second-order valence-corrected chi connectivity index (χ2v) is 6.16. The summed E-state index contributed by atoms with van der Waals surface area (Å²) in [4.78, 5) is 10.4. The van der Waals surface area contributed by atoms with Crippen LogP contribution in [0, 0.1) is 11.8 Å². The van der Waals surface area contributed by atoms with Crippen molar-refractivity contribution in [1.29, 1.82) is 0 Å². The Balaban J connectivity index is 1.89. The lowest BCUT2D eigenvalue weighted by Gasteiger charge is -2.22. The minimum absolute atomic E-state index is 0.245. The van der Waals surface area contributed by atoms with E-state index in [1.54, 1.807) is 7.05 Å². The van der Waals surface area contributed by atoms with Gasteiger partial charge in [-0.2, -0.15) is 8.78 Å². The fourth-order valence-corrected chi connectivity index (χ4v) is 3.03. The van der Waals surface area contributed by atoms with Crippen LogP contribution in [0.4, 0.5) is 8.78 Å². The Morgan fingerprint density at radius 3 is 2.91 bits per heavy atom. The van der Waals surface area contributed by atoms with E-state index in [2.05, 4.69) is 34.0 Å². The molecule has 2 rings (SSSR count). The summed E-state index contributed by atoms with van der Waals surface area (Å²) in [6, 6.07) is 0. The molecule has 1 unspecified atom stereocenters. The Kier molecular flexibility index (Phi) is 5.74. The van der Waals surface area contributed by atoms with E-state index >= 15 is 0 Å². The molecule has 1 aromatic rings. The number of rotatable bonds is 5. The Bertz CT molecular complexity index is 498. The van der Waals surface area contributed by atoms with Gasteiger partial charge in [-0.25, -0.2) is 4.98 Å². The number of imidazole rings is 1. The van der Waals surface area contributed by atoms with Crippen molar-refractivity contribution in [3.05, 3.63) is 18.2 Å². The zero-order valence-corrected chi connectivity index (χ0v) is 13.5. The average molecular weight is 313 g/mol. The summed E-state index contributed by atoms with van der Waals surface area (Å²) in [6.07, 6.45) is 5.05. The van der Waals surface area contributed by atoms with E-state index in [-0.39, 0.29) is 6.54 Å². The summed E-state index contributed by atoms with van der Waals surface area (Å²) >= 11 is 0. The van der Waals surface area contributed by atoms with Gasteiger partial charge in [0.1, 0.15) is 5.82 Å². The van der Waals surface area contributed by atoms with Crippen molar-refractivity contribution in [1.82, 2.24) is 19.8 Å². The molecular weight excluding hydrogens is 288 g/mol. The molecule has 5 nitrogen and oxygen atoms in total. The molecule has 0 saturated carbocycles. The van der Waals surface area contributed by atoms with E-state index in [4.69, 9.17) is 0 Å². The number of hydrogen-bond acceptors (Lipinski definition) is 2. The molecule has 1 saturated heterocycles. The lowest BCUT2D eigenvalue weighted by atomic mass is 9.97. The predicted molar refractivity (Wildman–Crippen MR) is 82.8 cm³/mol. The highest BCUT2D eigenvalue weighted by Crippen LogP contribution is 2.23. The third-order valence-electron chi connectivity index (χ3n) is 3.97. The van der Waals surface area contributed by atoms with Gasteiger partial charge in [0.2, 0.25) is 0 Å². The zero-order chi connectivity index (χ0) is 16.1. The SMILES string of the molecule is CN=C(NCc1nccn1C(F)F)N1CCC(CC(C)C)C1. The second kappa shape index (κ2) is 7.56. The highest BCUT2D eigenvalue weighted by atomic mass is 19.3. The molecule has 1 N–H and O–H groups in total. The number of halogens is 2. The first-order valence-corrected chi connectivity index (χ1v) is 7.76. The minimum atomic E-state index is -2.57. The third-order valence-corrected chi connectivity index (χ3v) is 3.97. The highest BCUT2D eigenvalue weighted by molar-refractivity contribution is 5.80. The second-order valence-electron chi connectivity index (χ2n) is 6.16. The first-order valence-electron chi connectivity index (χ1n) is 7.76. The molecule has 1 atom stereocenters. The molecule has 1 aliphatic rings. The molecule has 22 heavy (non-hydrogen) atoms. The maximum absolute atomic E-state index is 12.8. The molecular formula is C15H25F2N5. The van der Waals surface area contributed by atoms with Crippen LogP contribution < -0.4 is 5.32 Å². The van der Waals surface area contributed by atoms with Crippen LogP contribution in [0.1, 0.15) is 39.1 Å². The van der Waals surface area contributed by atoms with Crippen molar-refractivity contribution in [2.45, 2.75) is 39.8 Å². The van der Waals surface area contributed by atoms with Gasteiger partial charge in [0, 0.05) is 32.5 Å². The summed E-state index contributed by atoms with van der Waals surface area (Å²) in [6.45, 7) is 4.08. The first kappa shape index (κ1) is 16.7. The number of alkyl halides is 2. The topological polar surface area (TPSA) is 45.5 Å². The number of aliphatic imine (C=N–C) groups is 1. The van der Waals surface area contributed by atoms with Crippen molar-refractivity contribution >= 4 is 5.96 Å². The highest BCUT2D eigenvalue weighted by Gasteiger charge is 2.25. The molecule has 1 aromatic heterocycles. The Labute approximate surface area is 130 Å². The summed E-state index contributed by atoms with van der Waals surface area (Å²) in [7, 11) is 1.72. The number of likely N-dealkylation sites (tertiary alicyclic amines) is 1. The summed E-state index contributed by atoms with van der Waals surface area (Å²) < 4.78 is 26.5. The van der Waals surface area contributed by atoms with Crippen LogP contribution in [0.25, 0.3) is 0 Å². The Morgan fingerprint density at radius 1 is 1.50 bits per heavy atom. The summed E-state index contributed by atoms with van der Waals surface area (Å²) in [5, 5.41) is 3.14. The monoisotopic (exact) mass is 313 g/mol. The lowest BCUT2D eigenvalue weighted by Crippen LogP contribution is -2.40. The van der Waals surface area contributed by atoms with Gasteiger partial charge in [0.05, 0.1) is 6.54 Å². The van der Waals surface area contributed by atoms with Gasteiger partial charge in [-0.1, -0.05) is 13.8 Å². The van der Waals surface area contributed by atoms with Crippen LogP contribution in [0.15, 0.2) is 17.4 Å². The predicted octanol–water partition coefficient (Wildman–Crippen LogP) is 2.72. The van der Waals surface area contributed by atoms with Gasteiger partial charge < -0.3 is 10.2 Å². The average Bonchev–Trinajstić information content (AvgIpc) is 3.08. The summed E-state index contributed by atoms with van der Waals surface area (Å²) in [5.41, 5.74) is 0. The normalized spacial score (nSPS) is 19.5. The van der Waals surface area contributed by atoms with Crippen LogP contribution in [0.2, 0.25) is 0 Å². The number of nitrogens with one attached hydrogen (secondary N) is 1. The fourth-order valence-electron chi connectivity index (χ4n) is 3.03. The minimum Gasteiger partial charge on any atom is -0.349 e. The number of hydrogen-bond donors (Lipinski definition) is 1. The van der Waals surface area contributed by atoms with Gasteiger partial charge in [-0.05, 0) is 24.7 Å². The fraction of sp³-hybridized carbons (Fsp3) is 0.733. The first-order chi connectivity index (χ1) is 10.5. The van der Waals surface area contributed by atoms with Crippen LogP contribution in [-0.2, 0) is 6.54 Å². The van der Waals surface area contributed by atoms with Gasteiger partial charge in [0.15, 0.2) is 5.96 Å². The van der Waals surface area contributed by atoms with E-state index in [1.807, 2.05) is 0 Å². The maximum Gasteiger partial charge on any atom is 0.319 e. The van der Waals surface area contributed by atoms with E-state index in [1.165, 1.54) is 18.8 Å². The van der Waals surface area contributed by atoms with Crippen molar-refractivity contribution in [2.24, 2.45) is 16.8 Å². The van der Waals surface area contributed by atoms with Crippen LogP contribution in [0.5, 0.6) is 0 Å². The van der Waals surface area contributed by atoms with Crippen molar-refractivity contribution < 1.29 is 8.78 Å². The van der Waals surface area contributed by atoms with Gasteiger partial charge in [0.25, 0.3) is 0 Å². The quantitative estimate of drug-likeness (QED) is 0.671. The van der Waals surface area contributed by atoms with Crippen molar-refractivity contribution in [3.63, 3.8) is 0 Å². The maximum atomic E-state index is 12.8. The smallest absolute Gasteiger partial charge is 0.319 e. The van der Waals surface area contributed by atoms with Gasteiger partial charge in [-0.15, -0.1) is 0 Å². The van der Waals surface area contributed by atoms with E-state index in [9.17, 15) is 8.78 Å². The lowest BCUT2D eigenvalue weighted by molar-refractivity contribution is 0.0668. The molecule has 0 spiro atoms. The van der Waals surface area contributed by atoms with Gasteiger partial charge >= 0.3 is 6.55 Å². The molecule has 0 amide bonds. The largest absolute Gasteiger partial charge is 0.349 e. The molecule has 1 aliphatic heterocycles. The van der Waals surface area contributed by atoms with Crippen LogP contribution in [0.3, 0.4) is 0 Å². The van der Waals surface area contributed by atoms with E-state index in [0.29, 0.717) is 17.7 Å². The molecule has 0 bridgehead atoms. The van der Waals surface area contributed by atoms with Crippen molar-refractivity contribution in [3.8, 4) is 0 Å². The Morgan fingerprint density at radius 2 is 2.27 bits per heavy atom. The standard InChI is InChI=1S/C15H25F2N5/c1-11(2)8-12-4-6-21(10-12)15(18-3)20-9-13-19-5-7-22(13)14(16)17/h5,7,11-12,14H,4,6,8-10H2,1-3H3,(H,18,20). The molecule has 124 valence electrons. The number of aromatic nitrogens is 2. The Hall–Kier alpha value is -1.66. The molecule has 7 heteroatoms. The molecule has 2 heterocycles. The summed E-state index contributed by atoms with van der Waals surface area (Å²) in [5.74, 6) is 2.45. The molecule has 1 fully saturated rings.